The third-order valence-electron chi connectivity index (χ3n) is 3.95. The number of carbonyl (C=O) groups is 2. The van der Waals surface area contributed by atoms with E-state index in [1.807, 2.05) is 39.0 Å². The summed E-state index contributed by atoms with van der Waals surface area (Å²) in [7, 11) is 0. The Labute approximate surface area is 155 Å². The van der Waals surface area contributed by atoms with Crippen molar-refractivity contribution in [2.24, 2.45) is 0 Å². The van der Waals surface area contributed by atoms with E-state index in [4.69, 9.17) is 0 Å². The zero-order valence-corrected chi connectivity index (χ0v) is 15.9. The zero-order valence-electron chi connectivity index (χ0n) is 14.2. The molecular weight excluding hydrogens is 351 g/mol. The topological polar surface area (TPSA) is 73.5 Å². The van der Waals surface area contributed by atoms with Crippen LogP contribution in [-0.4, -0.2) is 49.1 Å². The molecule has 0 aliphatic carbocycles. The van der Waals surface area contributed by atoms with Crippen molar-refractivity contribution in [3.63, 3.8) is 0 Å². The number of nitrogens with zero attached hydrogens (tertiary/aromatic N) is 1. The summed E-state index contributed by atoms with van der Waals surface area (Å²) in [5.41, 5.74) is 2.82. The molecule has 0 saturated carbocycles. The molecule has 2 rings (SSSR count). The summed E-state index contributed by atoms with van der Waals surface area (Å²) < 4.78 is 0. The molecule has 1 atom stereocenters. The molecule has 1 unspecified atom stereocenters. The van der Waals surface area contributed by atoms with Gasteiger partial charge in [0.25, 0.3) is 0 Å². The number of carbonyl (C=O) groups excluding carboxylic acids is 2. The highest BCUT2D eigenvalue weighted by molar-refractivity contribution is 6.03. The highest BCUT2D eigenvalue weighted by Gasteiger charge is 2.24. The first-order valence-electron chi connectivity index (χ1n) is 7.61. The molecule has 6 nitrogen and oxygen atoms in total. The van der Waals surface area contributed by atoms with Crippen LogP contribution in [0.1, 0.15) is 18.1 Å². The van der Waals surface area contributed by atoms with Gasteiger partial charge in [0.1, 0.15) is 0 Å². The van der Waals surface area contributed by atoms with Crippen LogP contribution in [0, 0.1) is 13.8 Å². The second-order valence-electron chi connectivity index (χ2n) is 5.72. The molecule has 3 N–H and O–H groups in total. The van der Waals surface area contributed by atoms with Gasteiger partial charge >= 0.3 is 6.03 Å². The van der Waals surface area contributed by atoms with Gasteiger partial charge in [-0.2, -0.15) is 0 Å². The second-order valence-corrected chi connectivity index (χ2v) is 5.72. The Bertz CT molecular complexity index is 563. The van der Waals surface area contributed by atoms with Crippen LogP contribution in [0.15, 0.2) is 18.2 Å². The van der Waals surface area contributed by atoms with E-state index in [0.717, 1.165) is 37.3 Å². The van der Waals surface area contributed by atoms with Crippen LogP contribution < -0.4 is 16.0 Å². The Balaban J connectivity index is 0.00000264. The molecule has 1 fully saturated rings. The molecule has 0 spiro atoms. The van der Waals surface area contributed by atoms with E-state index in [-0.39, 0.29) is 36.8 Å². The van der Waals surface area contributed by atoms with Gasteiger partial charge in [-0.05, 0) is 32.4 Å². The van der Waals surface area contributed by atoms with Crippen molar-refractivity contribution in [2.75, 3.05) is 31.5 Å². The average Bonchev–Trinajstić information content (AvgIpc) is 2.50. The monoisotopic (exact) mass is 376 g/mol. The number of benzene rings is 1. The van der Waals surface area contributed by atoms with Crippen LogP contribution in [0.2, 0.25) is 0 Å². The first kappa shape index (κ1) is 22.7. The Morgan fingerprint density at radius 3 is 2.38 bits per heavy atom. The summed E-state index contributed by atoms with van der Waals surface area (Å²) in [4.78, 5) is 26.2. The molecule has 136 valence electrons. The molecule has 24 heavy (non-hydrogen) atoms. The van der Waals surface area contributed by atoms with Crippen molar-refractivity contribution < 1.29 is 9.59 Å². The fraction of sp³-hybridized carbons (Fsp3) is 0.500. The number of imide groups is 1. The van der Waals surface area contributed by atoms with Gasteiger partial charge in [0, 0.05) is 31.9 Å². The SMILES string of the molecule is Cc1ccc(NC(=O)NC(=O)C(C)N2CCNCC2)c(C)c1.Cl.Cl. The molecule has 1 saturated heterocycles. The molecule has 0 aromatic heterocycles. The number of urea groups is 1. The van der Waals surface area contributed by atoms with Gasteiger partial charge in [-0.3, -0.25) is 15.0 Å². The lowest BCUT2D eigenvalue weighted by Gasteiger charge is -2.31. The maximum atomic E-state index is 12.1. The molecule has 3 amide bonds. The van der Waals surface area contributed by atoms with Crippen LogP contribution in [0.25, 0.3) is 0 Å². The van der Waals surface area contributed by atoms with Crippen molar-refractivity contribution in [1.82, 2.24) is 15.5 Å². The predicted molar refractivity (Wildman–Crippen MR) is 101 cm³/mol. The quantitative estimate of drug-likeness (QED) is 0.754. The fourth-order valence-corrected chi connectivity index (χ4v) is 2.56. The average molecular weight is 377 g/mol. The highest BCUT2D eigenvalue weighted by Crippen LogP contribution is 2.15. The van der Waals surface area contributed by atoms with Crippen LogP contribution in [0.5, 0.6) is 0 Å². The minimum Gasteiger partial charge on any atom is -0.314 e. The number of piperazine rings is 1. The summed E-state index contributed by atoms with van der Waals surface area (Å²) in [5.74, 6) is -0.274. The minimum atomic E-state index is -0.487. The van der Waals surface area contributed by atoms with E-state index in [1.54, 1.807) is 0 Å². The Morgan fingerprint density at radius 2 is 1.79 bits per heavy atom. The molecule has 1 aliphatic rings. The van der Waals surface area contributed by atoms with Crippen LogP contribution in [0.4, 0.5) is 10.5 Å². The second kappa shape index (κ2) is 10.5. The number of anilines is 1. The summed E-state index contributed by atoms with van der Waals surface area (Å²) in [6.45, 7) is 9.10. The maximum absolute atomic E-state index is 12.1. The van der Waals surface area contributed by atoms with E-state index in [2.05, 4.69) is 20.9 Å². The van der Waals surface area contributed by atoms with E-state index in [0.29, 0.717) is 5.69 Å². The lowest BCUT2D eigenvalue weighted by Crippen LogP contribution is -2.53. The fourth-order valence-electron chi connectivity index (χ4n) is 2.56. The number of hydrogen-bond acceptors (Lipinski definition) is 4. The normalized spacial score (nSPS) is 15.5. The predicted octanol–water partition coefficient (Wildman–Crippen LogP) is 2.09. The lowest BCUT2D eigenvalue weighted by atomic mass is 10.1. The van der Waals surface area contributed by atoms with Crippen molar-refractivity contribution in [1.29, 1.82) is 0 Å². The van der Waals surface area contributed by atoms with Gasteiger partial charge in [0.2, 0.25) is 5.91 Å². The molecule has 1 aromatic carbocycles. The van der Waals surface area contributed by atoms with E-state index >= 15 is 0 Å². The van der Waals surface area contributed by atoms with Gasteiger partial charge in [0.15, 0.2) is 0 Å². The third-order valence-corrected chi connectivity index (χ3v) is 3.95. The van der Waals surface area contributed by atoms with Crippen molar-refractivity contribution in [3.05, 3.63) is 29.3 Å². The largest absolute Gasteiger partial charge is 0.325 e. The van der Waals surface area contributed by atoms with Crippen LogP contribution >= 0.6 is 24.8 Å². The zero-order chi connectivity index (χ0) is 16.1. The van der Waals surface area contributed by atoms with Crippen LogP contribution in [-0.2, 0) is 4.79 Å². The minimum absolute atomic E-state index is 0. The van der Waals surface area contributed by atoms with Crippen molar-refractivity contribution in [2.45, 2.75) is 26.8 Å². The summed E-state index contributed by atoms with van der Waals surface area (Å²) >= 11 is 0. The number of aryl methyl sites for hydroxylation is 2. The van der Waals surface area contributed by atoms with Gasteiger partial charge in [-0.15, -0.1) is 24.8 Å². The van der Waals surface area contributed by atoms with E-state index in [1.165, 1.54) is 0 Å². The van der Waals surface area contributed by atoms with Gasteiger partial charge in [-0.1, -0.05) is 17.7 Å². The summed E-state index contributed by atoms with van der Waals surface area (Å²) in [5, 5.41) is 8.38. The third kappa shape index (κ3) is 6.28. The van der Waals surface area contributed by atoms with E-state index < -0.39 is 6.03 Å². The number of amides is 3. The lowest BCUT2D eigenvalue weighted by molar-refractivity contribution is -0.124. The number of halogens is 2. The summed E-state index contributed by atoms with van der Waals surface area (Å²) in [6.07, 6.45) is 0. The number of hydrogen-bond donors (Lipinski definition) is 3. The molecule has 8 heteroatoms. The smallest absolute Gasteiger partial charge is 0.314 e. The number of rotatable bonds is 3. The van der Waals surface area contributed by atoms with Gasteiger partial charge in [0.05, 0.1) is 6.04 Å². The first-order chi connectivity index (χ1) is 10.5. The number of nitrogens with one attached hydrogen (secondary N) is 3. The van der Waals surface area contributed by atoms with Crippen molar-refractivity contribution in [3.8, 4) is 0 Å². The Kier molecular flexibility index (Phi) is 9.92. The standard InChI is InChI=1S/C16H24N4O2.2ClH/c1-11-4-5-14(12(2)10-11)18-16(22)19-15(21)13(3)20-8-6-17-7-9-20;;/h4-5,10,13,17H,6-9H2,1-3H3,(H2,18,19,21,22);2*1H. The molecule has 0 bridgehead atoms. The molecule has 1 aliphatic heterocycles. The highest BCUT2D eigenvalue weighted by atomic mass is 35.5. The molecule has 1 heterocycles. The van der Waals surface area contributed by atoms with Gasteiger partial charge in [-0.25, -0.2) is 4.79 Å². The molecular formula is C16H26Cl2N4O2. The van der Waals surface area contributed by atoms with Crippen LogP contribution in [0.3, 0.4) is 0 Å². The Hall–Kier alpha value is -1.34. The summed E-state index contributed by atoms with van der Waals surface area (Å²) in [6, 6.07) is 4.95. The maximum Gasteiger partial charge on any atom is 0.325 e. The molecule has 0 radical (unpaired) electrons. The van der Waals surface area contributed by atoms with Crippen molar-refractivity contribution >= 4 is 42.4 Å². The Morgan fingerprint density at radius 1 is 1.17 bits per heavy atom. The molecule has 1 aromatic rings. The van der Waals surface area contributed by atoms with E-state index in [9.17, 15) is 9.59 Å². The van der Waals surface area contributed by atoms with Gasteiger partial charge < -0.3 is 10.6 Å². The first-order valence-corrected chi connectivity index (χ1v) is 7.61.